The van der Waals surface area contributed by atoms with Gasteiger partial charge in [0, 0.05) is 11.4 Å². The first-order chi connectivity index (χ1) is 12.1. The molecule has 0 aliphatic carbocycles. The minimum absolute atomic E-state index is 0.181. The van der Waals surface area contributed by atoms with Crippen LogP contribution in [-0.4, -0.2) is 16.8 Å². The van der Waals surface area contributed by atoms with E-state index in [1.807, 2.05) is 24.3 Å². The molecule has 3 N–H and O–H groups in total. The number of hydrogen-bond acceptors (Lipinski definition) is 3. The highest BCUT2D eigenvalue weighted by atomic mass is 32.2. The summed E-state index contributed by atoms with van der Waals surface area (Å²) in [6.07, 6.45) is 0.887. The van der Waals surface area contributed by atoms with Gasteiger partial charge in [-0.3, -0.25) is 15.6 Å². The van der Waals surface area contributed by atoms with Gasteiger partial charge in [-0.25, -0.2) is 4.39 Å². The van der Waals surface area contributed by atoms with Gasteiger partial charge in [-0.15, -0.1) is 11.8 Å². The molecule has 0 aromatic heterocycles. The number of nitrogens with one attached hydrogen (secondary N) is 3. The van der Waals surface area contributed by atoms with Crippen LogP contribution in [0.25, 0.3) is 0 Å². The number of anilines is 1. The average molecular weight is 378 g/mol. The van der Waals surface area contributed by atoms with Crippen molar-refractivity contribution in [2.24, 2.45) is 0 Å². The van der Waals surface area contributed by atoms with Crippen LogP contribution in [0, 0.1) is 5.82 Å². The Balaban J connectivity index is 1.68. The first kappa shape index (κ1) is 19.2. The van der Waals surface area contributed by atoms with Gasteiger partial charge in [0.1, 0.15) is 5.82 Å². The van der Waals surface area contributed by atoms with Gasteiger partial charge in [-0.2, -0.15) is 0 Å². The summed E-state index contributed by atoms with van der Waals surface area (Å²) in [6.45, 7) is 2.07. The van der Waals surface area contributed by atoms with Crippen molar-refractivity contribution >= 4 is 40.7 Å². The monoisotopic (exact) mass is 377 g/mol. The molecular weight excluding hydrogens is 357 g/mol. The Morgan fingerprint density at radius 2 is 1.84 bits per heavy atom. The Kier molecular flexibility index (Phi) is 7.69. The molecule has 2 aromatic rings. The zero-order chi connectivity index (χ0) is 18.1. The fraction of sp³-hybridized carbons (Fsp3) is 0.222. The minimum Gasteiger partial charge on any atom is -0.331 e. The number of para-hydroxylation sites is 1. The molecule has 0 saturated carbocycles. The van der Waals surface area contributed by atoms with Crippen LogP contribution in [0.3, 0.4) is 0 Å². The van der Waals surface area contributed by atoms with Crippen molar-refractivity contribution < 1.29 is 9.18 Å². The molecule has 0 aliphatic heterocycles. The van der Waals surface area contributed by atoms with E-state index in [0.717, 1.165) is 23.2 Å². The van der Waals surface area contributed by atoms with E-state index in [1.165, 1.54) is 23.9 Å². The summed E-state index contributed by atoms with van der Waals surface area (Å²) in [5.41, 5.74) is 8.30. The summed E-state index contributed by atoms with van der Waals surface area (Å²) >= 11 is 6.63. The molecule has 0 heterocycles. The highest BCUT2D eigenvalue weighted by Gasteiger charge is 2.05. The Morgan fingerprint density at radius 1 is 1.12 bits per heavy atom. The van der Waals surface area contributed by atoms with Crippen LogP contribution in [0.4, 0.5) is 10.1 Å². The number of halogens is 1. The van der Waals surface area contributed by atoms with E-state index in [0.29, 0.717) is 10.9 Å². The van der Waals surface area contributed by atoms with Crippen LogP contribution >= 0.6 is 24.0 Å². The van der Waals surface area contributed by atoms with Gasteiger partial charge in [0.25, 0.3) is 0 Å². The number of benzene rings is 2. The molecule has 4 nitrogen and oxygen atoms in total. The lowest BCUT2D eigenvalue weighted by molar-refractivity contribution is -0.119. The third-order valence-corrected chi connectivity index (χ3v) is 4.58. The third kappa shape index (κ3) is 6.72. The molecule has 132 valence electrons. The number of aryl methyl sites for hydroxylation is 1. The lowest BCUT2D eigenvalue weighted by atomic mass is 10.1. The van der Waals surface area contributed by atoms with E-state index in [4.69, 9.17) is 12.2 Å². The molecule has 0 atom stereocenters. The second-order valence-corrected chi connectivity index (χ2v) is 6.65. The van der Waals surface area contributed by atoms with E-state index in [-0.39, 0.29) is 17.5 Å². The van der Waals surface area contributed by atoms with Gasteiger partial charge in [0.05, 0.1) is 5.75 Å². The van der Waals surface area contributed by atoms with Crippen LogP contribution in [0.2, 0.25) is 0 Å². The molecule has 0 unspecified atom stereocenters. The van der Waals surface area contributed by atoms with Crippen molar-refractivity contribution in [2.45, 2.75) is 19.1 Å². The summed E-state index contributed by atoms with van der Waals surface area (Å²) in [7, 11) is 0. The van der Waals surface area contributed by atoms with Gasteiger partial charge >= 0.3 is 0 Å². The third-order valence-electron chi connectivity index (χ3n) is 3.38. The second-order valence-electron chi connectivity index (χ2n) is 5.26. The first-order valence-corrected chi connectivity index (χ1v) is 9.40. The molecule has 2 rings (SSSR count). The lowest BCUT2D eigenvalue weighted by Crippen LogP contribution is -2.44. The summed E-state index contributed by atoms with van der Waals surface area (Å²) in [5, 5.41) is 3.40. The van der Waals surface area contributed by atoms with Crippen molar-refractivity contribution in [1.29, 1.82) is 0 Å². The molecule has 0 fully saturated rings. The number of hydrazine groups is 1. The van der Waals surface area contributed by atoms with Gasteiger partial charge in [-0.05, 0) is 48.0 Å². The molecule has 0 aliphatic rings. The van der Waals surface area contributed by atoms with Crippen molar-refractivity contribution in [3.8, 4) is 0 Å². The van der Waals surface area contributed by atoms with E-state index in [2.05, 4.69) is 23.1 Å². The topological polar surface area (TPSA) is 53.2 Å². The van der Waals surface area contributed by atoms with Crippen LogP contribution in [0.15, 0.2) is 48.5 Å². The maximum absolute atomic E-state index is 12.8. The van der Waals surface area contributed by atoms with Crippen molar-refractivity contribution in [3.05, 3.63) is 65.5 Å². The maximum atomic E-state index is 12.8. The largest absolute Gasteiger partial charge is 0.331 e. The van der Waals surface area contributed by atoms with Gasteiger partial charge < -0.3 is 5.32 Å². The van der Waals surface area contributed by atoms with E-state index < -0.39 is 0 Å². The first-order valence-electron chi connectivity index (χ1n) is 7.84. The Bertz CT molecular complexity index is 723. The molecular formula is C18H20FN3OS2. The molecule has 0 spiro atoms. The number of rotatable bonds is 6. The Labute approximate surface area is 156 Å². The van der Waals surface area contributed by atoms with E-state index in [1.54, 1.807) is 12.1 Å². The fourth-order valence-corrected chi connectivity index (χ4v) is 3.06. The van der Waals surface area contributed by atoms with Crippen molar-refractivity contribution in [2.75, 3.05) is 11.1 Å². The highest BCUT2D eigenvalue weighted by Crippen LogP contribution is 2.15. The normalized spacial score (nSPS) is 10.2. The number of hydrogen-bond donors (Lipinski definition) is 3. The van der Waals surface area contributed by atoms with Gasteiger partial charge in [0.2, 0.25) is 5.91 Å². The van der Waals surface area contributed by atoms with E-state index >= 15 is 0 Å². The number of carbonyl (C=O) groups excluding carboxylic acids is 1. The standard InChI is InChI=1S/C18H20FN3OS2/c1-2-14-5-3-4-6-16(14)20-18(24)22-21-17(23)12-25-11-13-7-9-15(19)10-8-13/h3-10H,2,11-12H2,1H3,(H,21,23)(H2,20,22,24). The van der Waals surface area contributed by atoms with Crippen LogP contribution in [-0.2, 0) is 17.0 Å². The average Bonchev–Trinajstić information content (AvgIpc) is 2.62. The van der Waals surface area contributed by atoms with E-state index in [9.17, 15) is 9.18 Å². The lowest BCUT2D eigenvalue weighted by Gasteiger charge is -2.13. The summed E-state index contributed by atoms with van der Waals surface area (Å²) in [4.78, 5) is 11.8. The van der Waals surface area contributed by atoms with Gasteiger partial charge in [-0.1, -0.05) is 37.3 Å². The second kappa shape index (κ2) is 10.0. The van der Waals surface area contributed by atoms with Crippen molar-refractivity contribution in [3.63, 3.8) is 0 Å². The molecule has 25 heavy (non-hydrogen) atoms. The fourth-order valence-electron chi connectivity index (χ4n) is 2.11. The summed E-state index contributed by atoms with van der Waals surface area (Å²) in [6, 6.07) is 14.1. The predicted molar refractivity (Wildman–Crippen MR) is 106 cm³/mol. The molecule has 0 radical (unpaired) electrons. The smallest absolute Gasteiger partial charge is 0.248 e. The SMILES string of the molecule is CCc1ccccc1NC(=S)NNC(=O)CSCc1ccc(F)cc1. The van der Waals surface area contributed by atoms with Crippen LogP contribution in [0.5, 0.6) is 0 Å². The van der Waals surface area contributed by atoms with Crippen LogP contribution < -0.4 is 16.2 Å². The quantitative estimate of drug-likeness (QED) is 0.530. The predicted octanol–water partition coefficient (Wildman–Crippen LogP) is 3.64. The Hall–Kier alpha value is -2.12. The maximum Gasteiger partial charge on any atom is 0.248 e. The number of carbonyl (C=O) groups is 1. The van der Waals surface area contributed by atoms with Crippen molar-refractivity contribution in [1.82, 2.24) is 10.9 Å². The van der Waals surface area contributed by atoms with Gasteiger partial charge in [0.15, 0.2) is 5.11 Å². The zero-order valence-corrected chi connectivity index (χ0v) is 15.5. The number of thioether (sulfide) groups is 1. The Morgan fingerprint density at radius 3 is 2.56 bits per heavy atom. The molecule has 1 amide bonds. The van der Waals surface area contributed by atoms with Crippen LogP contribution in [0.1, 0.15) is 18.1 Å². The summed E-state index contributed by atoms with van der Waals surface area (Å²) in [5.74, 6) is 0.472. The molecule has 7 heteroatoms. The minimum atomic E-state index is -0.263. The zero-order valence-electron chi connectivity index (χ0n) is 13.8. The molecule has 0 bridgehead atoms. The number of thiocarbonyl (C=S) groups is 1. The highest BCUT2D eigenvalue weighted by molar-refractivity contribution is 7.99. The summed E-state index contributed by atoms with van der Waals surface area (Å²) < 4.78 is 12.8. The molecule has 2 aromatic carbocycles. The number of amides is 1. The molecule has 0 saturated heterocycles.